The van der Waals surface area contributed by atoms with Crippen molar-refractivity contribution in [2.24, 2.45) is 5.41 Å². The SMILES string of the molecule is Cc1cc(NC(=O)C2(C)COC2)c2ccccc2n1. The molecule has 2 heterocycles. The molecular weight excluding hydrogens is 240 g/mol. The van der Waals surface area contributed by atoms with E-state index in [0.717, 1.165) is 22.3 Å². The third kappa shape index (κ3) is 2.08. The van der Waals surface area contributed by atoms with Crippen molar-refractivity contribution in [3.05, 3.63) is 36.0 Å². The molecular formula is C15H16N2O2. The molecule has 1 N–H and O–H groups in total. The minimum absolute atomic E-state index is 0.00880. The van der Waals surface area contributed by atoms with Gasteiger partial charge in [0.1, 0.15) is 0 Å². The number of aromatic nitrogens is 1. The summed E-state index contributed by atoms with van der Waals surface area (Å²) in [5, 5.41) is 3.97. The van der Waals surface area contributed by atoms with Crippen molar-refractivity contribution in [1.29, 1.82) is 0 Å². The average molecular weight is 256 g/mol. The molecule has 1 amide bonds. The Labute approximate surface area is 111 Å². The standard InChI is InChI=1S/C15H16N2O2/c1-10-7-13(11-5-3-4-6-12(11)16-10)17-14(18)15(2)8-19-9-15/h3-7H,8-9H2,1-2H3,(H,16,17,18). The maximum atomic E-state index is 12.3. The number of carbonyl (C=O) groups excluding carboxylic acids is 1. The van der Waals surface area contributed by atoms with Gasteiger partial charge in [0.05, 0.1) is 29.8 Å². The Hall–Kier alpha value is -1.94. The summed E-state index contributed by atoms with van der Waals surface area (Å²) in [5.74, 6) is 0.00880. The van der Waals surface area contributed by atoms with Crippen LogP contribution in [0.4, 0.5) is 5.69 Å². The highest BCUT2D eigenvalue weighted by Gasteiger charge is 2.41. The summed E-state index contributed by atoms with van der Waals surface area (Å²) in [4.78, 5) is 16.7. The lowest BCUT2D eigenvalue weighted by atomic mass is 9.87. The summed E-state index contributed by atoms with van der Waals surface area (Å²) in [6.07, 6.45) is 0. The third-order valence-corrected chi connectivity index (χ3v) is 3.48. The summed E-state index contributed by atoms with van der Waals surface area (Å²) >= 11 is 0. The smallest absolute Gasteiger partial charge is 0.235 e. The monoisotopic (exact) mass is 256 g/mol. The molecule has 0 unspecified atom stereocenters. The van der Waals surface area contributed by atoms with E-state index in [1.807, 2.05) is 44.2 Å². The number of para-hydroxylation sites is 1. The topological polar surface area (TPSA) is 51.2 Å². The van der Waals surface area contributed by atoms with E-state index in [0.29, 0.717) is 13.2 Å². The maximum Gasteiger partial charge on any atom is 0.235 e. The van der Waals surface area contributed by atoms with E-state index in [9.17, 15) is 4.79 Å². The first kappa shape index (κ1) is 12.1. The number of benzene rings is 1. The van der Waals surface area contributed by atoms with Gasteiger partial charge in [-0.15, -0.1) is 0 Å². The molecule has 0 aliphatic carbocycles. The lowest BCUT2D eigenvalue weighted by Crippen LogP contribution is -2.49. The van der Waals surface area contributed by atoms with E-state index in [1.165, 1.54) is 0 Å². The quantitative estimate of drug-likeness (QED) is 0.898. The molecule has 0 atom stereocenters. The second-order valence-electron chi connectivity index (χ2n) is 5.34. The fourth-order valence-electron chi connectivity index (χ4n) is 2.22. The van der Waals surface area contributed by atoms with Crippen LogP contribution in [-0.2, 0) is 9.53 Å². The van der Waals surface area contributed by atoms with E-state index < -0.39 is 5.41 Å². The van der Waals surface area contributed by atoms with Gasteiger partial charge >= 0.3 is 0 Å². The highest BCUT2D eigenvalue weighted by Crippen LogP contribution is 2.30. The van der Waals surface area contributed by atoms with Gasteiger partial charge < -0.3 is 10.1 Å². The molecule has 0 saturated carbocycles. The molecule has 19 heavy (non-hydrogen) atoms. The Kier molecular flexibility index (Phi) is 2.75. The van der Waals surface area contributed by atoms with Gasteiger partial charge in [-0.3, -0.25) is 9.78 Å². The van der Waals surface area contributed by atoms with Crippen LogP contribution in [0.5, 0.6) is 0 Å². The van der Waals surface area contributed by atoms with Crippen molar-refractivity contribution < 1.29 is 9.53 Å². The van der Waals surface area contributed by atoms with Crippen LogP contribution in [0.15, 0.2) is 30.3 Å². The van der Waals surface area contributed by atoms with Crippen molar-refractivity contribution in [3.63, 3.8) is 0 Å². The fourth-order valence-corrected chi connectivity index (χ4v) is 2.22. The van der Waals surface area contributed by atoms with Crippen LogP contribution >= 0.6 is 0 Å². The van der Waals surface area contributed by atoms with E-state index >= 15 is 0 Å². The molecule has 0 radical (unpaired) electrons. The first-order valence-electron chi connectivity index (χ1n) is 6.34. The van der Waals surface area contributed by atoms with Crippen LogP contribution in [0.2, 0.25) is 0 Å². The number of hydrogen-bond acceptors (Lipinski definition) is 3. The molecule has 1 saturated heterocycles. The average Bonchev–Trinajstić information content (AvgIpc) is 2.35. The Bertz CT molecular complexity index is 648. The zero-order valence-corrected chi connectivity index (χ0v) is 11.1. The van der Waals surface area contributed by atoms with Crippen molar-refractivity contribution in [1.82, 2.24) is 4.98 Å². The van der Waals surface area contributed by atoms with Crippen molar-refractivity contribution in [3.8, 4) is 0 Å². The molecule has 1 fully saturated rings. The number of anilines is 1. The van der Waals surface area contributed by atoms with Gasteiger partial charge in [-0.1, -0.05) is 18.2 Å². The number of fused-ring (bicyclic) bond motifs is 1. The number of nitrogens with one attached hydrogen (secondary N) is 1. The zero-order valence-electron chi connectivity index (χ0n) is 11.1. The number of pyridine rings is 1. The molecule has 3 rings (SSSR count). The number of aryl methyl sites for hydroxylation is 1. The van der Waals surface area contributed by atoms with Gasteiger partial charge in [0, 0.05) is 11.1 Å². The molecule has 0 spiro atoms. The third-order valence-electron chi connectivity index (χ3n) is 3.48. The minimum Gasteiger partial charge on any atom is -0.379 e. The Morgan fingerprint density at radius 2 is 2.11 bits per heavy atom. The Balaban J connectivity index is 1.98. The largest absolute Gasteiger partial charge is 0.379 e. The molecule has 4 nitrogen and oxygen atoms in total. The second kappa shape index (κ2) is 4.31. The van der Waals surface area contributed by atoms with Gasteiger partial charge in [0.25, 0.3) is 0 Å². The number of carbonyl (C=O) groups is 1. The summed E-state index contributed by atoms with van der Waals surface area (Å²) in [6.45, 7) is 4.82. The Morgan fingerprint density at radius 1 is 1.37 bits per heavy atom. The lowest BCUT2D eigenvalue weighted by Gasteiger charge is -2.36. The highest BCUT2D eigenvalue weighted by molar-refractivity contribution is 6.03. The maximum absolute atomic E-state index is 12.3. The minimum atomic E-state index is -0.404. The molecule has 2 aromatic rings. The van der Waals surface area contributed by atoms with Crippen molar-refractivity contribution >= 4 is 22.5 Å². The molecule has 0 bridgehead atoms. The van der Waals surface area contributed by atoms with Gasteiger partial charge in [-0.2, -0.15) is 0 Å². The number of amides is 1. The van der Waals surface area contributed by atoms with Crippen LogP contribution in [-0.4, -0.2) is 24.1 Å². The number of nitrogens with zero attached hydrogens (tertiary/aromatic N) is 1. The number of rotatable bonds is 2. The van der Waals surface area contributed by atoms with Gasteiger partial charge in [-0.25, -0.2) is 0 Å². The van der Waals surface area contributed by atoms with Crippen molar-refractivity contribution in [2.75, 3.05) is 18.5 Å². The first-order chi connectivity index (χ1) is 9.08. The van der Waals surface area contributed by atoms with E-state index in [1.54, 1.807) is 0 Å². The van der Waals surface area contributed by atoms with Crippen LogP contribution in [0.1, 0.15) is 12.6 Å². The number of ether oxygens (including phenoxy) is 1. The van der Waals surface area contributed by atoms with Crippen molar-refractivity contribution in [2.45, 2.75) is 13.8 Å². The van der Waals surface area contributed by atoms with E-state index in [2.05, 4.69) is 10.3 Å². The predicted molar refractivity (Wildman–Crippen MR) is 74.0 cm³/mol. The van der Waals surface area contributed by atoms with Gasteiger partial charge in [-0.05, 0) is 26.0 Å². The molecule has 1 aliphatic heterocycles. The van der Waals surface area contributed by atoms with Crippen LogP contribution in [0.25, 0.3) is 10.9 Å². The molecule has 4 heteroatoms. The van der Waals surface area contributed by atoms with E-state index in [-0.39, 0.29) is 5.91 Å². The molecule has 98 valence electrons. The van der Waals surface area contributed by atoms with Crippen LogP contribution < -0.4 is 5.32 Å². The molecule has 1 aromatic heterocycles. The lowest BCUT2D eigenvalue weighted by molar-refractivity contribution is -0.151. The molecule has 1 aliphatic rings. The second-order valence-corrected chi connectivity index (χ2v) is 5.34. The summed E-state index contributed by atoms with van der Waals surface area (Å²) in [5.41, 5.74) is 2.20. The normalized spacial score (nSPS) is 16.9. The van der Waals surface area contributed by atoms with Gasteiger partial charge in [0.15, 0.2) is 0 Å². The van der Waals surface area contributed by atoms with Crippen LogP contribution in [0, 0.1) is 12.3 Å². The number of hydrogen-bond donors (Lipinski definition) is 1. The highest BCUT2D eigenvalue weighted by atomic mass is 16.5. The molecule has 1 aromatic carbocycles. The van der Waals surface area contributed by atoms with Crippen LogP contribution in [0.3, 0.4) is 0 Å². The summed E-state index contributed by atoms with van der Waals surface area (Å²) in [6, 6.07) is 9.72. The van der Waals surface area contributed by atoms with Gasteiger partial charge in [0.2, 0.25) is 5.91 Å². The van der Waals surface area contributed by atoms with E-state index in [4.69, 9.17) is 4.74 Å². The predicted octanol–water partition coefficient (Wildman–Crippen LogP) is 2.52. The summed E-state index contributed by atoms with van der Waals surface area (Å²) in [7, 11) is 0. The first-order valence-corrected chi connectivity index (χ1v) is 6.34. The summed E-state index contributed by atoms with van der Waals surface area (Å²) < 4.78 is 5.13. The fraction of sp³-hybridized carbons (Fsp3) is 0.333. The Morgan fingerprint density at radius 3 is 2.79 bits per heavy atom. The zero-order chi connectivity index (χ0) is 13.5.